The second-order valence-corrected chi connectivity index (χ2v) is 6.23. The van der Waals surface area contributed by atoms with Crippen molar-refractivity contribution in [2.24, 2.45) is 0 Å². The molecule has 1 atom stereocenters. The summed E-state index contributed by atoms with van der Waals surface area (Å²) in [6, 6.07) is 7.29. The summed E-state index contributed by atoms with van der Waals surface area (Å²) in [7, 11) is 0. The summed E-state index contributed by atoms with van der Waals surface area (Å²) in [5.74, 6) is 0.947. The van der Waals surface area contributed by atoms with E-state index in [1.54, 1.807) is 12.1 Å². The minimum absolute atomic E-state index is 0.00255. The van der Waals surface area contributed by atoms with Gasteiger partial charge in [-0.3, -0.25) is 0 Å². The van der Waals surface area contributed by atoms with E-state index < -0.39 is 5.60 Å². The molecule has 0 amide bonds. The number of hydrogen-bond donors (Lipinski definition) is 3. The van der Waals surface area contributed by atoms with Gasteiger partial charge in [-0.25, -0.2) is 0 Å². The number of nitrogens with one attached hydrogen (secondary N) is 1. The molecule has 4 nitrogen and oxygen atoms in total. The number of furan rings is 1. The summed E-state index contributed by atoms with van der Waals surface area (Å²) >= 11 is 0. The first-order valence-electron chi connectivity index (χ1n) is 7.75. The second-order valence-electron chi connectivity index (χ2n) is 6.23. The first kappa shape index (κ1) is 14.4. The van der Waals surface area contributed by atoms with E-state index in [9.17, 15) is 10.2 Å². The third-order valence-corrected chi connectivity index (χ3v) is 4.49. The highest BCUT2D eigenvalue weighted by Gasteiger charge is 2.29. The molecule has 1 aliphatic rings. The molecule has 1 aliphatic carbocycles. The topological polar surface area (TPSA) is 65.6 Å². The molecule has 0 radical (unpaired) electrons. The molecule has 0 bridgehead atoms. The Balaban J connectivity index is 1.69. The monoisotopic (exact) mass is 289 g/mol. The van der Waals surface area contributed by atoms with E-state index in [2.05, 4.69) is 5.32 Å². The van der Waals surface area contributed by atoms with Crippen molar-refractivity contribution in [1.29, 1.82) is 0 Å². The largest absolute Gasteiger partial charge is 0.504 e. The molecule has 0 spiro atoms. The molecule has 1 aromatic carbocycles. The van der Waals surface area contributed by atoms with Gasteiger partial charge < -0.3 is 19.9 Å². The predicted octanol–water partition coefficient (Wildman–Crippen LogP) is 3.48. The average molecular weight is 289 g/mol. The second kappa shape index (κ2) is 5.70. The maximum absolute atomic E-state index is 10.5. The van der Waals surface area contributed by atoms with Crippen molar-refractivity contribution in [3.63, 3.8) is 0 Å². The van der Waals surface area contributed by atoms with Crippen molar-refractivity contribution < 1.29 is 14.6 Å². The molecule has 2 aromatic rings. The Hall–Kier alpha value is -1.52. The van der Waals surface area contributed by atoms with Crippen molar-refractivity contribution in [3.05, 3.63) is 30.0 Å². The average Bonchev–Trinajstić information content (AvgIpc) is 2.91. The molecule has 0 saturated heterocycles. The van der Waals surface area contributed by atoms with Crippen LogP contribution in [0, 0.1) is 0 Å². The van der Waals surface area contributed by atoms with Crippen LogP contribution in [0.2, 0.25) is 0 Å². The summed E-state index contributed by atoms with van der Waals surface area (Å²) in [6.45, 7) is 2.60. The summed E-state index contributed by atoms with van der Waals surface area (Å²) in [5, 5.41) is 24.6. The van der Waals surface area contributed by atoms with E-state index in [0.29, 0.717) is 12.1 Å². The van der Waals surface area contributed by atoms with Crippen LogP contribution < -0.4 is 5.32 Å². The number of rotatable bonds is 4. The lowest BCUT2D eigenvalue weighted by atomic mass is 9.85. The Morgan fingerprint density at radius 2 is 2.05 bits per heavy atom. The summed E-state index contributed by atoms with van der Waals surface area (Å²) in [4.78, 5) is 0. The maximum atomic E-state index is 10.5. The molecule has 1 saturated carbocycles. The van der Waals surface area contributed by atoms with E-state index in [4.69, 9.17) is 4.42 Å². The molecule has 4 heteroatoms. The molecular formula is C17H23NO3. The van der Waals surface area contributed by atoms with Gasteiger partial charge in [0.2, 0.25) is 0 Å². The van der Waals surface area contributed by atoms with Gasteiger partial charge in [0.05, 0.1) is 11.6 Å². The number of aliphatic hydroxyl groups is 1. The van der Waals surface area contributed by atoms with Gasteiger partial charge in [-0.15, -0.1) is 0 Å². The number of phenols is 1. The minimum Gasteiger partial charge on any atom is -0.504 e. The van der Waals surface area contributed by atoms with Crippen molar-refractivity contribution in [3.8, 4) is 5.75 Å². The van der Waals surface area contributed by atoms with Crippen LogP contribution >= 0.6 is 0 Å². The maximum Gasteiger partial charge on any atom is 0.175 e. The Labute approximate surface area is 124 Å². The summed E-state index contributed by atoms with van der Waals surface area (Å²) in [5.41, 5.74) is -0.0572. The third kappa shape index (κ3) is 3.06. The Morgan fingerprint density at radius 3 is 2.76 bits per heavy atom. The van der Waals surface area contributed by atoms with Crippen molar-refractivity contribution >= 4 is 11.0 Å². The van der Waals surface area contributed by atoms with Crippen molar-refractivity contribution in [1.82, 2.24) is 5.32 Å². The number of aromatic hydroxyl groups is 1. The predicted molar refractivity (Wildman–Crippen MR) is 82.3 cm³/mol. The smallest absolute Gasteiger partial charge is 0.175 e. The van der Waals surface area contributed by atoms with Crippen molar-refractivity contribution in [2.75, 3.05) is 6.54 Å². The number of benzene rings is 1. The van der Waals surface area contributed by atoms with E-state index in [-0.39, 0.29) is 11.8 Å². The normalized spacial score (nSPS) is 19.7. The Bertz CT molecular complexity index is 614. The number of phenolic OH excluding ortho intramolecular Hbond substituents is 1. The van der Waals surface area contributed by atoms with Gasteiger partial charge in [0.1, 0.15) is 5.76 Å². The number of para-hydroxylation sites is 1. The van der Waals surface area contributed by atoms with Crippen LogP contribution in [0.4, 0.5) is 0 Å². The van der Waals surface area contributed by atoms with Crippen LogP contribution in [0.15, 0.2) is 28.7 Å². The van der Waals surface area contributed by atoms with E-state index >= 15 is 0 Å². The zero-order chi connectivity index (χ0) is 14.9. The highest BCUT2D eigenvalue weighted by molar-refractivity contribution is 5.83. The zero-order valence-electron chi connectivity index (χ0n) is 12.4. The quantitative estimate of drug-likeness (QED) is 0.806. The molecule has 1 aromatic heterocycles. The fourth-order valence-electron chi connectivity index (χ4n) is 3.11. The van der Waals surface area contributed by atoms with Gasteiger partial charge in [0.15, 0.2) is 11.3 Å². The van der Waals surface area contributed by atoms with Gasteiger partial charge in [-0.1, -0.05) is 31.4 Å². The van der Waals surface area contributed by atoms with Crippen LogP contribution in [0.5, 0.6) is 5.75 Å². The SMILES string of the molecule is CC(NCC1(O)CCCCC1)c1cc2cccc(O)c2o1. The minimum atomic E-state index is -0.583. The first-order chi connectivity index (χ1) is 10.1. The molecule has 0 aliphatic heterocycles. The fraction of sp³-hybridized carbons (Fsp3) is 0.529. The first-order valence-corrected chi connectivity index (χ1v) is 7.75. The Morgan fingerprint density at radius 1 is 1.29 bits per heavy atom. The lowest BCUT2D eigenvalue weighted by Crippen LogP contribution is -2.42. The van der Waals surface area contributed by atoms with Crippen LogP contribution in [0.3, 0.4) is 0 Å². The highest BCUT2D eigenvalue weighted by atomic mass is 16.4. The fourth-order valence-corrected chi connectivity index (χ4v) is 3.11. The lowest BCUT2D eigenvalue weighted by molar-refractivity contribution is 0.00258. The third-order valence-electron chi connectivity index (χ3n) is 4.49. The Kier molecular flexibility index (Phi) is 3.91. The van der Waals surface area contributed by atoms with Gasteiger partial charge in [0, 0.05) is 11.9 Å². The molecule has 1 unspecified atom stereocenters. The van der Waals surface area contributed by atoms with E-state index in [1.165, 1.54) is 6.42 Å². The van der Waals surface area contributed by atoms with Crippen LogP contribution in [-0.2, 0) is 0 Å². The zero-order valence-corrected chi connectivity index (χ0v) is 12.4. The number of hydrogen-bond acceptors (Lipinski definition) is 4. The molecular weight excluding hydrogens is 266 g/mol. The molecule has 1 fully saturated rings. The molecule has 1 heterocycles. The standard InChI is InChI=1S/C17H23NO3/c1-12(18-11-17(20)8-3-2-4-9-17)15-10-13-6-5-7-14(19)16(13)21-15/h5-7,10,12,18-20H,2-4,8-9,11H2,1H3. The van der Waals surface area contributed by atoms with Crippen LogP contribution in [0.1, 0.15) is 50.8 Å². The van der Waals surface area contributed by atoms with Gasteiger partial charge in [-0.05, 0) is 31.9 Å². The van der Waals surface area contributed by atoms with Gasteiger partial charge in [-0.2, -0.15) is 0 Å². The lowest BCUT2D eigenvalue weighted by Gasteiger charge is -2.33. The van der Waals surface area contributed by atoms with E-state index in [0.717, 1.165) is 36.8 Å². The summed E-state index contributed by atoms with van der Waals surface area (Å²) < 4.78 is 5.74. The highest BCUT2D eigenvalue weighted by Crippen LogP contribution is 2.31. The van der Waals surface area contributed by atoms with Crippen LogP contribution in [0.25, 0.3) is 11.0 Å². The molecule has 3 N–H and O–H groups in total. The molecule has 3 rings (SSSR count). The van der Waals surface area contributed by atoms with Crippen LogP contribution in [-0.4, -0.2) is 22.4 Å². The summed E-state index contributed by atoms with van der Waals surface area (Å²) in [6.07, 6.45) is 5.16. The van der Waals surface area contributed by atoms with Gasteiger partial charge in [0.25, 0.3) is 0 Å². The molecule has 21 heavy (non-hydrogen) atoms. The van der Waals surface area contributed by atoms with E-state index in [1.807, 2.05) is 19.1 Å². The number of fused-ring (bicyclic) bond motifs is 1. The molecule has 114 valence electrons. The van der Waals surface area contributed by atoms with Gasteiger partial charge >= 0.3 is 0 Å². The van der Waals surface area contributed by atoms with Crippen molar-refractivity contribution in [2.45, 2.75) is 50.7 Å².